The van der Waals surface area contributed by atoms with Crippen LogP contribution in [0.4, 0.5) is 11.6 Å². The number of nitrogens with one attached hydrogen (secondary N) is 2. The topological polar surface area (TPSA) is 70.1 Å². The molecule has 0 amide bonds. The fraction of sp³-hybridized carbons (Fsp3) is 0.733. The first kappa shape index (κ1) is 16.7. The highest BCUT2D eigenvalue weighted by Gasteiger charge is 2.25. The highest BCUT2D eigenvalue weighted by molar-refractivity contribution is 5.56. The van der Waals surface area contributed by atoms with E-state index in [0.717, 1.165) is 30.2 Å². The molecule has 0 fully saturated rings. The number of aliphatic hydroxyl groups is 1. The summed E-state index contributed by atoms with van der Waals surface area (Å²) in [7, 11) is 0. The molecular weight excluding hydrogens is 252 g/mol. The summed E-state index contributed by atoms with van der Waals surface area (Å²) in [5.41, 5.74) is 1.07. The highest BCUT2D eigenvalue weighted by Crippen LogP contribution is 2.27. The molecule has 114 valence electrons. The molecule has 1 heterocycles. The molecule has 5 nitrogen and oxygen atoms in total. The zero-order valence-corrected chi connectivity index (χ0v) is 13.3. The summed E-state index contributed by atoms with van der Waals surface area (Å²) in [6, 6.07) is 0.167. The summed E-state index contributed by atoms with van der Waals surface area (Å²) in [6.07, 6.45) is 3.33. The molecule has 1 unspecified atom stereocenters. The van der Waals surface area contributed by atoms with Gasteiger partial charge < -0.3 is 15.7 Å². The summed E-state index contributed by atoms with van der Waals surface area (Å²) in [6.45, 7) is 11.7. The van der Waals surface area contributed by atoms with E-state index in [2.05, 4.69) is 48.3 Å². The molecule has 1 atom stereocenters. The second kappa shape index (κ2) is 7.43. The van der Waals surface area contributed by atoms with Crippen LogP contribution >= 0.6 is 0 Å². The molecule has 0 radical (unpaired) electrons. The molecular formula is C15H28N4O. The first-order valence-electron chi connectivity index (χ1n) is 7.33. The van der Waals surface area contributed by atoms with Gasteiger partial charge in [-0.3, -0.25) is 0 Å². The van der Waals surface area contributed by atoms with Crippen LogP contribution in [-0.4, -0.2) is 34.3 Å². The lowest BCUT2D eigenvalue weighted by atomic mass is 9.85. The van der Waals surface area contributed by atoms with Gasteiger partial charge in [0.1, 0.15) is 18.0 Å². The van der Waals surface area contributed by atoms with Crippen molar-refractivity contribution in [3.8, 4) is 0 Å². The van der Waals surface area contributed by atoms with Crippen molar-refractivity contribution in [2.45, 2.75) is 53.5 Å². The Bertz CT molecular complexity index is 415. The van der Waals surface area contributed by atoms with Crippen LogP contribution in [0.5, 0.6) is 0 Å². The van der Waals surface area contributed by atoms with Gasteiger partial charge in [0.2, 0.25) is 0 Å². The van der Waals surface area contributed by atoms with Crippen molar-refractivity contribution in [2.24, 2.45) is 5.41 Å². The molecule has 0 spiro atoms. The quantitative estimate of drug-likeness (QED) is 0.716. The summed E-state index contributed by atoms with van der Waals surface area (Å²) in [5.74, 6) is 1.72. The molecule has 1 rings (SSSR count). The van der Waals surface area contributed by atoms with Crippen LogP contribution in [0.3, 0.4) is 0 Å². The Kier molecular flexibility index (Phi) is 6.20. The summed E-state index contributed by atoms with van der Waals surface area (Å²) < 4.78 is 0. The van der Waals surface area contributed by atoms with Crippen LogP contribution < -0.4 is 10.6 Å². The average molecular weight is 280 g/mol. The van der Waals surface area contributed by atoms with E-state index >= 15 is 0 Å². The van der Waals surface area contributed by atoms with Crippen LogP contribution in [0, 0.1) is 12.3 Å². The van der Waals surface area contributed by atoms with E-state index in [9.17, 15) is 5.11 Å². The first-order chi connectivity index (χ1) is 9.40. The Hall–Kier alpha value is -1.36. The van der Waals surface area contributed by atoms with E-state index in [4.69, 9.17) is 0 Å². The lowest BCUT2D eigenvalue weighted by Crippen LogP contribution is -2.35. The molecule has 3 N–H and O–H groups in total. The number of nitrogens with zero attached hydrogens (tertiary/aromatic N) is 2. The molecule has 0 aliphatic carbocycles. The van der Waals surface area contributed by atoms with Gasteiger partial charge in [-0.05, 0) is 25.2 Å². The molecule has 0 aliphatic rings. The molecule has 0 aromatic carbocycles. The third kappa shape index (κ3) is 4.63. The Balaban J connectivity index is 2.90. The van der Waals surface area contributed by atoms with Gasteiger partial charge in [-0.2, -0.15) is 0 Å². The van der Waals surface area contributed by atoms with Gasteiger partial charge in [0.05, 0.1) is 0 Å². The third-order valence-corrected chi connectivity index (χ3v) is 3.40. The summed E-state index contributed by atoms with van der Waals surface area (Å²) in [4.78, 5) is 8.62. The number of hydrogen-bond acceptors (Lipinski definition) is 5. The zero-order chi connectivity index (χ0) is 15.2. The second-order valence-electron chi connectivity index (χ2n) is 6.20. The van der Waals surface area contributed by atoms with Gasteiger partial charge in [-0.25, -0.2) is 9.97 Å². The molecule has 0 bridgehead atoms. The molecule has 1 aromatic rings. The average Bonchev–Trinajstić information content (AvgIpc) is 2.38. The van der Waals surface area contributed by atoms with Crippen LogP contribution in [0.1, 0.15) is 46.1 Å². The number of anilines is 2. The fourth-order valence-corrected chi connectivity index (χ4v) is 2.03. The molecule has 1 aromatic heterocycles. The van der Waals surface area contributed by atoms with Crippen LogP contribution in [0.25, 0.3) is 0 Å². The number of rotatable bonds is 7. The van der Waals surface area contributed by atoms with E-state index in [-0.39, 0.29) is 18.1 Å². The molecule has 0 aliphatic heterocycles. The van der Waals surface area contributed by atoms with Gasteiger partial charge in [0.25, 0.3) is 0 Å². The highest BCUT2D eigenvalue weighted by atomic mass is 16.3. The van der Waals surface area contributed by atoms with E-state index in [0.29, 0.717) is 6.42 Å². The zero-order valence-electron chi connectivity index (χ0n) is 13.3. The minimum absolute atomic E-state index is 0.0527. The van der Waals surface area contributed by atoms with Crippen LogP contribution in [-0.2, 0) is 0 Å². The maximum absolute atomic E-state index is 9.23. The van der Waals surface area contributed by atoms with Gasteiger partial charge in [-0.15, -0.1) is 0 Å². The van der Waals surface area contributed by atoms with E-state index < -0.39 is 0 Å². The minimum atomic E-state index is 0.0527. The SMILES string of the molecule is CCCNc1ncnc(NC(CCO)C(C)(C)C)c1C. The van der Waals surface area contributed by atoms with Crippen molar-refractivity contribution in [2.75, 3.05) is 23.8 Å². The summed E-state index contributed by atoms with van der Waals surface area (Å²) in [5, 5.41) is 16.0. The molecule has 20 heavy (non-hydrogen) atoms. The lowest BCUT2D eigenvalue weighted by molar-refractivity contribution is 0.235. The predicted octanol–water partition coefficient (Wildman–Crippen LogP) is 2.82. The van der Waals surface area contributed by atoms with Crippen LogP contribution in [0.15, 0.2) is 6.33 Å². The standard InChI is InChI=1S/C15H28N4O/c1-6-8-16-13-11(2)14(18-10-17-13)19-12(7-9-20)15(3,4)5/h10,12,20H,6-9H2,1-5H3,(H2,16,17,18,19). The van der Waals surface area contributed by atoms with Crippen molar-refractivity contribution in [3.63, 3.8) is 0 Å². The maximum atomic E-state index is 9.23. The molecule has 0 saturated heterocycles. The van der Waals surface area contributed by atoms with Gasteiger partial charge in [0.15, 0.2) is 0 Å². The van der Waals surface area contributed by atoms with Crippen molar-refractivity contribution >= 4 is 11.6 Å². The van der Waals surface area contributed by atoms with Crippen molar-refractivity contribution in [1.29, 1.82) is 0 Å². The Morgan fingerprint density at radius 3 is 2.45 bits per heavy atom. The van der Waals surface area contributed by atoms with E-state index in [1.165, 1.54) is 0 Å². The van der Waals surface area contributed by atoms with Crippen molar-refractivity contribution in [3.05, 3.63) is 11.9 Å². The summed E-state index contributed by atoms with van der Waals surface area (Å²) >= 11 is 0. The number of hydrogen-bond donors (Lipinski definition) is 3. The predicted molar refractivity (Wildman–Crippen MR) is 84.1 cm³/mol. The largest absolute Gasteiger partial charge is 0.396 e. The molecule has 5 heteroatoms. The fourth-order valence-electron chi connectivity index (χ4n) is 2.03. The molecule has 0 saturated carbocycles. The van der Waals surface area contributed by atoms with Crippen molar-refractivity contribution in [1.82, 2.24) is 9.97 Å². The number of aromatic nitrogens is 2. The van der Waals surface area contributed by atoms with Gasteiger partial charge >= 0.3 is 0 Å². The van der Waals surface area contributed by atoms with E-state index in [1.807, 2.05) is 6.92 Å². The first-order valence-corrected chi connectivity index (χ1v) is 7.33. The van der Waals surface area contributed by atoms with Gasteiger partial charge in [-0.1, -0.05) is 27.7 Å². The van der Waals surface area contributed by atoms with Gasteiger partial charge in [0, 0.05) is 24.8 Å². The minimum Gasteiger partial charge on any atom is -0.396 e. The smallest absolute Gasteiger partial charge is 0.134 e. The maximum Gasteiger partial charge on any atom is 0.134 e. The Labute approximate surface area is 122 Å². The monoisotopic (exact) mass is 280 g/mol. The van der Waals surface area contributed by atoms with Crippen molar-refractivity contribution < 1.29 is 5.11 Å². The Morgan fingerprint density at radius 1 is 1.25 bits per heavy atom. The normalized spacial score (nSPS) is 13.1. The lowest BCUT2D eigenvalue weighted by Gasteiger charge is -2.32. The van der Waals surface area contributed by atoms with Crippen LogP contribution in [0.2, 0.25) is 0 Å². The third-order valence-electron chi connectivity index (χ3n) is 3.40. The van der Waals surface area contributed by atoms with E-state index in [1.54, 1.807) is 6.33 Å². The Morgan fingerprint density at radius 2 is 1.90 bits per heavy atom. The second-order valence-corrected chi connectivity index (χ2v) is 6.20. The number of aliphatic hydroxyl groups excluding tert-OH is 1.